The number of nitrogens with two attached hydrogens (primary N) is 1. The quantitative estimate of drug-likeness (QED) is 0.596. The number of nitrogens with zero attached hydrogens (tertiary/aromatic N) is 1. The van der Waals surface area contributed by atoms with E-state index in [1.54, 1.807) is 11.3 Å². The van der Waals surface area contributed by atoms with E-state index in [1.165, 1.54) is 4.88 Å². The molecule has 0 spiro atoms. The fourth-order valence-corrected chi connectivity index (χ4v) is 2.51. The van der Waals surface area contributed by atoms with Crippen LogP contribution in [0.2, 0.25) is 0 Å². The van der Waals surface area contributed by atoms with Gasteiger partial charge in [0.15, 0.2) is 23.3 Å². The Balaban J connectivity index is 2.23. The second-order valence-corrected chi connectivity index (χ2v) is 5.43. The number of rotatable bonds is 4. The average molecular weight is 284 g/mol. The molecule has 0 saturated carbocycles. The Labute approximate surface area is 113 Å². The Morgan fingerprint density at radius 3 is 2.53 bits per heavy atom. The van der Waals surface area contributed by atoms with Crippen molar-refractivity contribution in [3.63, 3.8) is 0 Å². The van der Waals surface area contributed by atoms with Gasteiger partial charge in [0.25, 0.3) is 0 Å². The summed E-state index contributed by atoms with van der Waals surface area (Å²) < 4.78 is 26.8. The second-order valence-electron chi connectivity index (χ2n) is 4.11. The van der Waals surface area contributed by atoms with Gasteiger partial charge in [0.1, 0.15) is 0 Å². The van der Waals surface area contributed by atoms with Gasteiger partial charge < -0.3 is 10.7 Å². The summed E-state index contributed by atoms with van der Waals surface area (Å²) in [6.45, 7) is 3.87. The first kappa shape index (κ1) is 13.7. The van der Waals surface area contributed by atoms with Crippen molar-refractivity contribution in [2.24, 2.45) is 5.84 Å². The van der Waals surface area contributed by atoms with Crippen LogP contribution in [0, 0.1) is 18.6 Å². The maximum absolute atomic E-state index is 13.6. The molecule has 0 radical (unpaired) electrons. The van der Waals surface area contributed by atoms with Crippen LogP contribution in [-0.2, 0) is 0 Å². The van der Waals surface area contributed by atoms with Gasteiger partial charge in [-0.3, -0.25) is 0 Å². The van der Waals surface area contributed by atoms with Crippen LogP contribution in [0.3, 0.4) is 0 Å². The molecular formula is C12H14F2N4S. The Bertz CT molecular complexity index is 585. The summed E-state index contributed by atoms with van der Waals surface area (Å²) in [6, 6.07) is 4.56. The molecule has 0 bridgehead atoms. The molecule has 4 nitrogen and oxygen atoms in total. The van der Waals surface area contributed by atoms with Gasteiger partial charge in [-0.2, -0.15) is 0 Å². The fourth-order valence-electron chi connectivity index (χ4n) is 1.63. The molecule has 7 heteroatoms. The summed E-state index contributed by atoms with van der Waals surface area (Å²) in [6.07, 6.45) is 0. The van der Waals surface area contributed by atoms with Crippen LogP contribution in [0.1, 0.15) is 22.7 Å². The number of nitrogen functional groups attached to an aromatic ring is 1. The van der Waals surface area contributed by atoms with Crippen LogP contribution in [0.4, 0.5) is 20.4 Å². The minimum absolute atomic E-state index is 0.0343. The lowest BCUT2D eigenvalue weighted by Crippen LogP contribution is -2.14. The van der Waals surface area contributed by atoms with Crippen molar-refractivity contribution < 1.29 is 8.78 Å². The van der Waals surface area contributed by atoms with E-state index in [4.69, 9.17) is 5.84 Å². The third-order valence-corrected chi connectivity index (χ3v) is 3.79. The van der Waals surface area contributed by atoms with Gasteiger partial charge in [0.2, 0.25) is 0 Å². The summed E-state index contributed by atoms with van der Waals surface area (Å²) in [5.41, 5.74) is 2.09. The number of hydrazine groups is 1. The first-order chi connectivity index (χ1) is 9.01. The molecule has 0 fully saturated rings. The van der Waals surface area contributed by atoms with Crippen molar-refractivity contribution in [1.29, 1.82) is 0 Å². The number of nitrogens with one attached hydrogen (secondary N) is 2. The van der Waals surface area contributed by atoms with Crippen LogP contribution in [0.15, 0.2) is 18.2 Å². The zero-order valence-electron chi connectivity index (χ0n) is 10.5. The van der Waals surface area contributed by atoms with Crippen molar-refractivity contribution in [3.05, 3.63) is 39.6 Å². The SMILES string of the molecule is Cc1ccc(C(C)Nc2nc(NN)c(F)cc2F)s1. The number of hydrogen-bond donors (Lipinski definition) is 3. The largest absolute Gasteiger partial charge is 0.360 e. The topological polar surface area (TPSA) is 63.0 Å². The number of halogens is 2. The normalized spacial score (nSPS) is 12.3. The fraction of sp³-hybridized carbons (Fsp3) is 0.250. The smallest absolute Gasteiger partial charge is 0.178 e. The van der Waals surface area contributed by atoms with Crippen molar-refractivity contribution >= 4 is 23.0 Å². The van der Waals surface area contributed by atoms with Gasteiger partial charge >= 0.3 is 0 Å². The summed E-state index contributed by atoms with van der Waals surface area (Å²) in [7, 11) is 0. The van der Waals surface area contributed by atoms with Crippen LogP contribution >= 0.6 is 11.3 Å². The Morgan fingerprint density at radius 1 is 1.26 bits per heavy atom. The summed E-state index contributed by atoms with van der Waals surface area (Å²) in [4.78, 5) is 5.98. The van der Waals surface area contributed by atoms with Gasteiger partial charge in [-0.25, -0.2) is 19.6 Å². The third kappa shape index (κ3) is 2.99. The Morgan fingerprint density at radius 2 is 1.95 bits per heavy atom. The van der Waals surface area contributed by atoms with E-state index in [2.05, 4.69) is 15.7 Å². The molecule has 0 aliphatic carbocycles. The zero-order chi connectivity index (χ0) is 14.0. The molecule has 1 atom stereocenters. The van der Waals surface area contributed by atoms with Crippen LogP contribution < -0.4 is 16.6 Å². The number of anilines is 2. The lowest BCUT2D eigenvalue weighted by molar-refractivity contribution is 0.576. The predicted octanol–water partition coefficient (Wildman–Crippen LogP) is 3.19. The molecule has 0 aliphatic rings. The first-order valence-electron chi connectivity index (χ1n) is 5.66. The van der Waals surface area contributed by atoms with Crippen molar-refractivity contribution in [3.8, 4) is 0 Å². The zero-order valence-corrected chi connectivity index (χ0v) is 11.3. The lowest BCUT2D eigenvalue weighted by Gasteiger charge is -2.14. The predicted molar refractivity (Wildman–Crippen MR) is 73.1 cm³/mol. The molecule has 0 aromatic carbocycles. The summed E-state index contributed by atoms with van der Waals surface area (Å²) in [5.74, 6) is 3.30. The average Bonchev–Trinajstić information content (AvgIpc) is 2.79. The summed E-state index contributed by atoms with van der Waals surface area (Å²) >= 11 is 1.61. The number of aromatic nitrogens is 1. The van der Waals surface area contributed by atoms with Gasteiger partial charge in [0, 0.05) is 15.8 Å². The van der Waals surface area contributed by atoms with E-state index >= 15 is 0 Å². The molecule has 4 N–H and O–H groups in total. The van der Waals surface area contributed by atoms with Crippen LogP contribution in [-0.4, -0.2) is 4.98 Å². The van der Waals surface area contributed by atoms with E-state index in [1.807, 2.05) is 26.0 Å². The maximum atomic E-state index is 13.6. The molecule has 2 heterocycles. The van der Waals surface area contributed by atoms with Gasteiger partial charge in [-0.05, 0) is 26.0 Å². The molecular weight excluding hydrogens is 270 g/mol. The van der Waals surface area contributed by atoms with E-state index in [0.29, 0.717) is 0 Å². The lowest BCUT2D eigenvalue weighted by atomic mass is 10.2. The minimum Gasteiger partial charge on any atom is -0.360 e. The van der Waals surface area contributed by atoms with Crippen LogP contribution in [0.5, 0.6) is 0 Å². The molecule has 2 aromatic rings. The highest BCUT2D eigenvalue weighted by Crippen LogP contribution is 2.27. The van der Waals surface area contributed by atoms with Gasteiger partial charge in [-0.15, -0.1) is 11.3 Å². The standard InChI is InChI=1S/C12H14F2N4S/c1-6-3-4-10(19-6)7(2)16-11-8(13)5-9(14)12(17-11)18-15/h3-5,7H,15H2,1-2H3,(H2,16,17,18). The second kappa shape index (κ2) is 5.50. The monoisotopic (exact) mass is 284 g/mol. The van der Waals surface area contributed by atoms with Gasteiger partial charge in [-0.1, -0.05) is 0 Å². The van der Waals surface area contributed by atoms with Crippen molar-refractivity contribution in [2.45, 2.75) is 19.9 Å². The van der Waals surface area contributed by atoms with E-state index in [9.17, 15) is 8.78 Å². The number of thiophene rings is 1. The van der Waals surface area contributed by atoms with Crippen LogP contribution in [0.25, 0.3) is 0 Å². The molecule has 2 rings (SSSR count). The number of hydrogen-bond acceptors (Lipinski definition) is 5. The molecule has 0 aliphatic heterocycles. The molecule has 2 aromatic heterocycles. The first-order valence-corrected chi connectivity index (χ1v) is 6.48. The molecule has 19 heavy (non-hydrogen) atoms. The van der Waals surface area contributed by atoms with E-state index in [0.717, 1.165) is 10.9 Å². The molecule has 0 saturated heterocycles. The molecule has 102 valence electrons. The third-order valence-electron chi connectivity index (χ3n) is 2.61. The summed E-state index contributed by atoms with van der Waals surface area (Å²) in [5, 5.41) is 2.90. The van der Waals surface area contributed by atoms with Crippen molar-refractivity contribution in [1.82, 2.24) is 4.98 Å². The number of pyridine rings is 1. The van der Waals surface area contributed by atoms with E-state index in [-0.39, 0.29) is 17.7 Å². The molecule has 1 unspecified atom stereocenters. The highest BCUT2D eigenvalue weighted by molar-refractivity contribution is 7.12. The minimum atomic E-state index is -0.829. The Hall–Kier alpha value is -1.73. The highest BCUT2D eigenvalue weighted by Gasteiger charge is 2.14. The molecule has 0 amide bonds. The number of aryl methyl sites for hydroxylation is 1. The Kier molecular flexibility index (Phi) is 3.96. The van der Waals surface area contributed by atoms with Gasteiger partial charge in [0.05, 0.1) is 6.04 Å². The maximum Gasteiger partial charge on any atom is 0.178 e. The van der Waals surface area contributed by atoms with Crippen molar-refractivity contribution in [2.75, 3.05) is 10.7 Å². The van der Waals surface area contributed by atoms with E-state index < -0.39 is 11.6 Å². The highest BCUT2D eigenvalue weighted by atomic mass is 32.1.